The zero-order chi connectivity index (χ0) is 16.1. The van der Waals surface area contributed by atoms with Gasteiger partial charge in [-0.25, -0.2) is 9.07 Å². The minimum atomic E-state index is -0.601. The van der Waals surface area contributed by atoms with Crippen molar-refractivity contribution >= 4 is 11.5 Å². The van der Waals surface area contributed by atoms with Crippen LogP contribution in [0.4, 0.5) is 10.1 Å². The molecular formula is C15H15FN4O2. The standard InChI is InChI=1S/C15H15FN4O2/c1-3-14(22)15(10(2)21)19-18-13-6-5-11(9-12(13)16)20-8-4-7-17-20/h4-9,22H,3H2,1-2H3. The van der Waals surface area contributed by atoms with Crippen LogP contribution in [-0.2, 0) is 4.79 Å². The van der Waals surface area contributed by atoms with E-state index in [-0.39, 0.29) is 23.6 Å². The summed E-state index contributed by atoms with van der Waals surface area (Å²) in [5, 5.41) is 21.0. The molecule has 2 rings (SSSR count). The smallest absolute Gasteiger partial charge is 0.183 e. The van der Waals surface area contributed by atoms with Gasteiger partial charge in [-0.1, -0.05) is 6.92 Å². The third-order valence-electron chi connectivity index (χ3n) is 2.90. The zero-order valence-electron chi connectivity index (χ0n) is 12.2. The van der Waals surface area contributed by atoms with Crippen LogP contribution in [0.15, 0.2) is 58.3 Å². The number of carbonyl (C=O) groups is 1. The van der Waals surface area contributed by atoms with Gasteiger partial charge in [0.25, 0.3) is 0 Å². The normalized spacial score (nSPS) is 12.5. The molecule has 0 radical (unpaired) electrons. The first-order chi connectivity index (χ1) is 10.5. The number of carbonyl (C=O) groups excluding carboxylic acids is 1. The van der Waals surface area contributed by atoms with Crippen LogP contribution in [0.1, 0.15) is 20.3 Å². The van der Waals surface area contributed by atoms with Crippen LogP contribution in [0.25, 0.3) is 5.69 Å². The van der Waals surface area contributed by atoms with Crippen molar-refractivity contribution in [2.45, 2.75) is 20.3 Å². The van der Waals surface area contributed by atoms with Crippen molar-refractivity contribution in [3.05, 3.63) is 53.9 Å². The number of rotatable bonds is 5. The second-order valence-corrected chi connectivity index (χ2v) is 4.49. The first kappa shape index (κ1) is 15.6. The van der Waals surface area contributed by atoms with Crippen molar-refractivity contribution in [1.82, 2.24) is 9.78 Å². The number of halogens is 1. The molecule has 0 bridgehead atoms. The van der Waals surface area contributed by atoms with Crippen LogP contribution in [0.5, 0.6) is 0 Å². The van der Waals surface area contributed by atoms with Gasteiger partial charge in [0.2, 0.25) is 0 Å². The van der Waals surface area contributed by atoms with Gasteiger partial charge in [0.05, 0.1) is 5.69 Å². The number of nitrogens with zero attached hydrogens (tertiary/aromatic N) is 4. The maximum atomic E-state index is 14.0. The minimum absolute atomic E-state index is 0.0291. The fraction of sp³-hybridized carbons (Fsp3) is 0.200. The average Bonchev–Trinajstić information content (AvgIpc) is 3.02. The Bertz CT molecular complexity index is 736. The Morgan fingerprint density at radius 3 is 2.77 bits per heavy atom. The number of aromatic nitrogens is 2. The molecule has 1 heterocycles. The molecule has 7 heteroatoms. The molecule has 0 atom stereocenters. The number of azo groups is 1. The number of aliphatic hydroxyl groups excluding tert-OH is 1. The number of hydrogen-bond acceptors (Lipinski definition) is 5. The molecule has 0 saturated carbocycles. The molecule has 0 aliphatic carbocycles. The van der Waals surface area contributed by atoms with Gasteiger partial charge in [-0.05, 0) is 18.2 Å². The van der Waals surface area contributed by atoms with E-state index in [2.05, 4.69) is 15.3 Å². The topological polar surface area (TPSA) is 79.8 Å². The SMILES string of the molecule is CCC(O)=C(N=Nc1ccc(-n2cccn2)cc1F)C(C)=O. The van der Waals surface area contributed by atoms with E-state index in [4.69, 9.17) is 0 Å². The van der Waals surface area contributed by atoms with E-state index >= 15 is 0 Å². The summed E-state index contributed by atoms with van der Waals surface area (Å²) in [5.74, 6) is -1.21. The van der Waals surface area contributed by atoms with Crippen molar-refractivity contribution < 1.29 is 14.3 Å². The highest BCUT2D eigenvalue weighted by Crippen LogP contribution is 2.22. The number of benzene rings is 1. The van der Waals surface area contributed by atoms with Gasteiger partial charge in [0, 0.05) is 31.8 Å². The molecule has 2 aromatic rings. The molecule has 22 heavy (non-hydrogen) atoms. The molecule has 6 nitrogen and oxygen atoms in total. The van der Waals surface area contributed by atoms with Crippen molar-refractivity contribution in [2.24, 2.45) is 10.2 Å². The number of ketones is 1. The van der Waals surface area contributed by atoms with Gasteiger partial charge in [0.15, 0.2) is 17.3 Å². The summed E-state index contributed by atoms with van der Waals surface area (Å²) in [6.07, 6.45) is 3.52. The molecule has 0 aliphatic heterocycles. The maximum absolute atomic E-state index is 14.0. The second-order valence-electron chi connectivity index (χ2n) is 4.49. The molecular weight excluding hydrogens is 287 g/mol. The van der Waals surface area contributed by atoms with Crippen LogP contribution in [0, 0.1) is 5.82 Å². The lowest BCUT2D eigenvalue weighted by Crippen LogP contribution is -1.98. The van der Waals surface area contributed by atoms with Crippen molar-refractivity contribution in [2.75, 3.05) is 0 Å². The van der Waals surface area contributed by atoms with E-state index in [0.717, 1.165) is 0 Å². The van der Waals surface area contributed by atoms with Crippen LogP contribution >= 0.6 is 0 Å². The first-order valence-electron chi connectivity index (χ1n) is 6.67. The lowest BCUT2D eigenvalue weighted by Gasteiger charge is -2.03. The van der Waals surface area contributed by atoms with E-state index < -0.39 is 11.6 Å². The van der Waals surface area contributed by atoms with Crippen molar-refractivity contribution in [3.8, 4) is 5.69 Å². The molecule has 0 spiro atoms. The quantitative estimate of drug-likeness (QED) is 0.517. The molecule has 114 valence electrons. The second kappa shape index (κ2) is 6.75. The fourth-order valence-electron chi connectivity index (χ4n) is 1.74. The maximum Gasteiger partial charge on any atom is 0.183 e. The molecule has 0 aliphatic rings. The van der Waals surface area contributed by atoms with Crippen molar-refractivity contribution in [3.63, 3.8) is 0 Å². The summed E-state index contributed by atoms with van der Waals surface area (Å²) in [6, 6.07) is 6.04. The molecule has 0 unspecified atom stereocenters. The fourth-order valence-corrected chi connectivity index (χ4v) is 1.74. The highest BCUT2D eigenvalue weighted by molar-refractivity contribution is 5.93. The summed E-state index contributed by atoms with van der Waals surface area (Å²) in [7, 11) is 0. The number of aliphatic hydroxyl groups is 1. The third-order valence-corrected chi connectivity index (χ3v) is 2.90. The van der Waals surface area contributed by atoms with Gasteiger partial charge >= 0.3 is 0 Å². The molecule has 0 fully saturated rings. The van der Waals surface area contributed by atoms with Crippen LogP contribution in [-0.4, -0.2) is 20.7 Å². The van der Waals surface area contributed by atoms with Gasteiger partial charge in [0.1, 0.15) is 11.4 Å². The highest BCUT2D eigenvalue weighted by Gasteiger charge is 2.10. The van der Waals surface area contributed by atoms with Crippen molar-refractivity contribution in [1.29, 1.82) is 0 Å². The number of allylic oxidation sites excluding steroid dienone is 2. The highest BCUT2D eigenvalue weighted by atomic mass is 19.1. The van der Waals surface area contributed by atoms with Gasteiger partial charge in [-0.15, -0.1) is 10.2 Å². The summed E-state index contributed by atoms with van der Waals surface area (Å²) >= 11 is 0. The zero-order valence-corrected chi connectivity index (χ0v) is 12.2. The molecule has 1 aromatic heterocycles. The molecule has 1 aromatic carbocycles. The molecule has 1 N–H and O–H groups in total. The predicted octanol–water partition coefficient (Wildman–Crippen LogP) is 3.86. The minimum Gasteiger partial charge on any atom is -0.510 e. The summed E-state index contributed by atoms with van der Waals surface area (Å²) < 4.78 is 15.5. The Morgan fingerprint density at radius 2 is 2.23 bits per heavy atom. The first-order valence-corrected chi connectivity index (χ1v) is 6.67. The Labute approximate surface area is 126 Å². The van der Waals surface area contributed by atoms with E-state index in [1.54, 1.807) is 31.5 Å². The summed E-state index contributed by atoms with van der Waals surface area (Å²) in [5.41, 5.74) is 0.344. The Balaban J connectivity index is 2.31. The lowest BCUT2D eigenvalue weighted by molar-refractivity contribution is -0.113. The van der Waals surface area contributed by atoms with Crippen LogP contribution < -0.4 is 0 Å². The Morgan fingerprint density at radius 1 is 1.45 bits per heavy atom. The summed E-state index contributed by atoms with van der Waals surface area (Å²) in [6.45, 7) is 2.94. The van der Waals surface area contributed by atoms with E-state index in [1.807, 2.05) is 0 Å². The predicted molar refractivity (Wildman–Crippen MR) is 78.7 cm³/mol. The number of hydrogen-bond donors (Lipinski definition) is 1. The van der Waals surface area contributed by atoms with E-state index in [9.17, 15) is 14.3 Å². The monoisotopic (exact) mass is 302 g/mol. The summed E-state index contributed by atoms with van der Waals surface area (Å²) in [4.78, 5) is 11.4. The Hall–Kier alpha value is -2.83. The largest absolute Gasteiger partial charge is 0.510 e. The van der Waals surface area contributed by atoms with Crippen LogP contribution in [0.3, 0.4) is 0 Å². The van der Waals surface area contributed by atoms with Gasteiger partial charge in [-0.3, -0.25) is 4.79 Å². The molecule has 0 saturated heterocycles. The average molecular weight is 302 g/mol. The van der Waals surface area contributed by atoms with Gasteiger partial charge in [-0.2, -0.15) is 5.10 Å². The van der Waals surface area contributed by atoms with Crippen LogP contribution in [0.2, 0.25) is 0 Å². The van der Waals surface area contributed by atoms with Gasteiger partial charge < -0.3 is 5.11 Å². The number of Topliss-reactive ketones (excluding diaryl/α,β-unsaturated/α-hetero) is 1. The molecule has 0 amide bonds. The Kier molecular flexibility index (Phi) is 4.77. The lowest BCUT2D eigenvalue weighted by atomic mass is 10.2. The third kappa shape index (κ3) is 3.43. The van der Waals surface area contributed by atoms with E-state index in [1.165, 1.54) is 23.7 Å². The van der Waals surface area contributed by atoms with E-state index in [0.29, 0.717) is 5.69 Å².